The molecule has 1 aliphatic heterocycles. The molecule has 1 N–H and O–H groups in total. The van der Waals surface area contributed by atoms with Crippen molar-refractivity contribution in [3.63, 3.8) is 0 Å². The van der Waals surface area contributed by atoms with Crippen LogP contribution in [0.2, 0.25) is 5.02 Å². The molecule has 1 amide bonds. The van der Waals surface area contributed by atoms with Gasteiger partial charge in [-0.2, -0.15) is 5.10 Å². The van der Waals surface area contributed by atoms with E-state index in [1.54, 1.807) is 35.0 Å². The van der Waals surface area contributed by atoms with Crippen LogP contribution in [-0.2, 0) is 22.3 Å². The van der Waals surface area contributed by atoms with Gasteiger partial charge < -0.3 is 9.73 Å². The van der Waals surface area contributed by atoms with Gasteiger partial charge in [-0.3, -0.25) is 9.00 Å². The van der Waals surface area contributed by atoms with Crippen LogP contribution in [0.3, 0.4) is 0 Å². The number of anilines is 1. The molecule has 0 unspecified atom stereocenters. The van der Waals surface area contributed by atoms with Gasteiger partial charge in [-0.05, 0) is 30.3 Å². The lowest BCUT2D eigenvalue weighted by atomic mass is 10.2. The highest BCUT2D eigenvalue weighted by molar-refractivity contribution is 7.83. The van der Waals surface area contributed by atoms with Gasteiger partial charge in [0.25, 0.3) is 5.91 Å². The number of aromatic nitrogens is 2. The third-order valence-electron chi connectivity index (χ3n) is 3.70. The Balaban J connectivity index is 1.79. The first-order valence-electron chi connectivity index (χ1n) is 7.18. The minimum atomic E-state index is -0.996. The van der Waals surface area contributed by atoms with Crippen LogP contribution >= 0.6 is 11.6 Å². The predicted molar refractivity (Wildman–Crippen MR) is 90.8 cm³/mol. The van der Waals surface area contributed by atoms with Crippen LogP contribution < -0.4 is 5.32 Å². The molecule has 0 saturated heterocycles. The van der Waals surface area contributed by atoms with E-state index in [9.17, 15) is 9.00 Å². The van der Waals surface area contributed by atoms with Crippen molar-refractivity contribution in [2.24, 2.45) is 0 Å². The maximum atomic E-state index is 12.4. The highest BCUT2D eigenvalue weighted by Gasteiger charge is 2.28. The zero-order valence-corrected chi connectivity index (χ0v) is 13.9. The van der Waals surface area contributed by atoms with Crippen molar-refractivity contribution in [2.75, 3.05) is 5.32 Å². The Morgan fingerprint density at radius 1 is 1.29 bits per heavy atom. The van der Waals surface area contributed by atoms with Gasteiger partial charge in [-0.15, -0.1) is 0 Å². The number of carbonyl (C=O) groups is 1. The number of fused-ring (bicyclic) bond motifs is 1. The normalized spacial score (nSPS) is 16.1. The number of nitrogens with one attached hydrogen (secondary N) is 1. The van der Waals surface area contributed by atoms with Gasteiger partial charge in [-0.25, -0.2) is 4.68 Å². The van der Waals surface area contributed by atoms with E-state index in [2.05, 4.69) is 10.4 Å². The van der Waals surface area contributed by atoms with E-state index in [0.29, 0.717) is 22.3 Å². The van der Waals surface area contributed by atoms with Gasteiger partial charge in [0.1, 0.15) is 5.82 Å². The van der Waals surface area contributed by atoms with Crippen LogP contribution in [0.1, 0.15) is 21.8 Å². The summed E-state index contributed by atoms with van der Waals surface area (Å²) >= 11 is 6.06. The highest BCUT2D eigenvalue weighted by atomic mass is 35.5. The minimum Gasteiger partial charge on any atom is -0.459 e. The van der Waals surface area contributed by atoms with Crippen molar-refractivity contribution in [2.45, 2.75) is 11.5 Å². The monoisotopic (exact) mass is 361 g/mol. The second-order valence-electron chi connectivity index (χ2n) is 5.33. The Labute approximate surface area is 144 Å². The Bertz CT molecular complexity index is 950. The second-order valence-corrected chi connectivity index (χ2v) is 7.22. The number of benzene rings is 1. The molecule has 1 aliphatic rings. The maximum absolute atomic E-state index is 12.4. The number of nitrogens with zero attached hydrogens (tertiary/aromatic N) is 2. The predicted octanol–water partition coefficient (Wildman–Crippen LogP) is 3.13. The van der Waals surface area contributed by atoms with Crippen LogP contribution in [0.5, 0.6) is 0 Å². The van der Waals surface area contributed by atoms with Crippen LogP contribution in [0.15, 0.2) is 47.1 Å². The molecule has 1 aromatic carbocycles. The first-order chi connectivity index (χ1) is 11.6. The van der Waals surface area contributed by atoms with E-state index in [4.69, 9.17) is 16.0 Å². The average Bonchev–Trinajstić information content (AvgIpc) is 3.25. The lowest BCUT2D eigenvalue weighted by molar-refractivity contribution is 0.0996. The summed E-state index contributed by atoms with van der Waals surface area (Å²) < 4.78 is 18.6. The lowest BCUT2D eigenvalue weighted by Crippen LogP contribution is -2.16. The van der Waals surface area contributed by atoms with Crippen LogP contribution in [0, 0.1) is 0 Å². The second kappa shape index (κ2) is 5.92. The molecule has 0 radical (unpaired) electrons. The van der Waals surface area contributed by atoms with Gasteiger partial charge >= 0.3 is 0 Å². The summed E-state index contributed by atoms with van der Waals surface area (Å²) in [5.74, 6) is 1.06. The Kier molecular flexibility index (Phi) is 3.74. The number of halogens is 1. The van der Waals surface area contributed by atoms with Crippen molar-refractivity contribution < 1.29 is 13.4 Å². The van der Waals surface area contributed by atoms with E-state index in [0.717, 1.165) is 16.9 Å². The molecule has 1 atom stereocenters. The molecule has 8 heteroatoms. The van der Waals surface area contributed by atoms with Gasteiger partial charge in [0, 0.05) is 21.4 Å². The van der Waals surface area contributed by atoms with Gasteiger partial charge in [0.2, 0.25) is 0 Å². The number of furan rings is 1. The zero-order chi connectivity index (χ0) is 16.7. The summed E-state index contributed by atoms with van der Waals surface area (Å²) in [6, 6.07) is 10.4. The molecule has 0 fully saturated rings. The Morgan fingerprint density at radius 3 is 2.92 bits per heavy atom. The standard InChI is InChI=1S/C16H12ClN3O3S/c17-10-3-1-4-11(7-10)20-15(12-8-24(22)9-13(12)19-20)18-16(21)14-5-2-6-23-14/h1-7H,8-9H2,(H,18,21)/t24-/m1/s1. The summed E-state index contributed by atoms with van der Waals surface area (Å²) in [5.41, 5.74) is 2.23. The first-order valence-corrected chi connectivity index (χ1v) is 9.05. The number of hydrogen-bond acceptors (Lipinski definition) is 4. The van der Waals surface area contributed by atoms with E-state index in [1.807, 2.05) is 6.07 Å². The first kappa shape index (κ1) is 15.2. The van der Waals surface area contributed by atoms with Gasteiger partial charge in [0.15, 0.2) is 5.76 Å². The van der Waals surface area contributed by atoms with Crippen LogP contribution in [0.25, 0.3) is 5.69 Å². The summed E-state index contributed by atoms with van der Waals surface area (Å²) in [4.78, 5) is 12.4. The fourth-order valence-electron chi connectivity index (χ4n) is 2.63. The molecule has 0 spiro atoms. The fraction of sp³-hybridized carbons (Fsp3) is 0.125. The molecule has 0 bridgehead atoms. The molecule has 3 aromatic rings. The average molecular weight is 362 g/mol. The van der Waals surface area contributed by atoms with E-state index in [1.165, 1.54) is 6.26 Å². The Morgan fingerprint density at radius 2 is 2.17 bits per heavy atom. The molecule has 0 aliphatic carbocycles. The molecule has 0 saturated carbocycles. The maximum Gasteiger partial charge on any atom is 0.292 e. The number of rotatable bonds is 3. The fourth-order valence-corrected chi connectivity index (χ4v) is 4.08. The molecular weight excluding hydrogens is 350 g/mol. The molecule has 4 rings (SSSR count). The molecular formula is C16H12ClN3O3S. The smallest absolute Gasteiger partial charge is 0.292 e. The minimum absolute atomic E-state index is 0.196. The molecule has 2 aromatic heterocycles. The molecule has 6 nitrogen and oxygen atoms in total. The molecule has 24 heavy (non-hydrogen) atoms. The summed E-state index contributed by atoms with van der Waals surface area (Å²) in [6.07, 6.45) is 1.43. The lowest BCUT2D eigenvalue weighted by Gasteiger charge is -2.10. The SMILES string of the molecule is O=C(Nc1c2c(nn1-c1cccc(Cl)c1)C[S@](=O)C2)c1ccco1. The van der Waals surface area contributed by atoms with Crippen molar-refractivity contribution >= 4 is 34.1 Å². The zero-order valence-electron chi connectivity index (χ0n) is 12.4. The quantitative estimate of drug-likeness (QED) is 0.777. The van der Waals surface area contributed by atoms with Crippen molar-refractivity contribution in [3.05, 3.63) is 64.7 Å². The van der Waals surface area contributed by atoms with E-state index >= 15 is 0 Å². The third kappa shape index (κ3) is 2.65. The summed E-state index contributed by atoms with van der Waals surface area (Å²) in [7, 11) is -0.996. The van der Waals surface area contributed by atoms with Crippen molar-refractivity contribution in [1.82, 2.24) is 9.78 Å². The van der Waals surface area contributed by atoms with Crippen molar-refractivity contribution in [3.8, 4) is 5.69 Å². The van der Waals surface area contributed by atoms with Crippen LogP contribution in [0.4, 0.5) is 5.82 Å². The highest BCUT2D eigenvalue weighted by Crippen LogP contribution is 2.32. The van der Waals surface area contributed by atoms with Gasteiger partial charge in [-0.1, -0.05) is 17.7 Å². The number of carbonyl (C=O) groups excluding carboxylic acids is 1. The third-order valence-corrected chi connectivity index (χ3v) is 5.14. The van der Waals surface area contributed by atoms with Crippen molar-refractivity contribution in [1.29, 1.82) is 0 Å². The van der Waals surface area contributed by atoms with E-state index < -0.39 is 10.8 Å². The molecule has 122 valence electrons. The summed E-state index contributed by atoms with van der Waals surface area (Å²) in [5, 5.41) is 7.89. The van der Waals surface area contributed by atoms with Gasteiger partial charge in [0.05, 0.1) is 29.2 Å². The summed E-state index contributed by atoms with van der Waals surface area (Å²) in [6.45, 7) is 0. The van der Waals surface area contributed by atoms with E-state index in [-0.39, 0.29) is 11.7 Å². The number of amides is 1. The topological polar surface area (TPSA) is 77.1 Å². The number of hydrogen-bond donors (Lipinski definition) is 1. The van der Waals surface area contributed by atoms with Crippen LogP contribution in [-0.4, -0.2) is 19.9 Å². The molecule has 3 heterocycles. The Hall–Kier alpha value is -2.38. The largest absolute Gasteiger partial charge is 0.459 e.